The van der Waals surface area contributed by atoms with Crippen molar-refractivity contribution in [1.29, 1.82) is 0 Å². The molecule has 0 aliphatic carbocycles. The van der Waals surface area contributed by atoms with Crippen molar-refractivity contribution in [2.75, 3.05) is 20.3 Å². The highest BCUT2D eigenvalue weighted by atomic mass is 16.7. The number of aromatic nitrogens is 1. The van der Waals surface area contributed by atoms with E-state index in [4.69, 9.17) is 18.9 Å². The number of carbonyl (C=O) groups excluding carboxylic acids is 2. The van der Waals surface area contributed by atoms with Gasteiger partial charge in [-0.3, -0.25) is 9.78 Å². The Hall–Kier alpha value is -3.09. The second-order valence-electron chi connectivity index (χ2n) is 8.33. The van der Waals surface area contributed by atoms with Crippen LogP contribution in [0.25, 0.3) is 0 Å². The highest BCUT2D eigenvalue weighted by molar-refractivity contribution is 5.92. The van der Waals surface area contributed by atoms with E-state index in [2.05, 4.69) is 4.98 Å². The molecule has 2 heterocycles. The molecule has 0 amide bonds. The van der Waals surface area contributed by atoms with Crippen LogP contribution in [0.1, 0.15) is 34.0 Å². The molecule has 11 heteroatoms. The number of nitrogens with zero attached hydrogens (tertiary/aromatic N) is 1. The van der Waals surface area contributed by atoms with E-state index < -0.39 is 49.3 Å². The van der Waals surface area contributed by atoms with Crippen molar-refractivity contribution < 1.29 is 49.0 Å². The standard InChI is InChI=1S/C25H31NO10/c1-3-15-11-26-12-18(24(32)33-2)17(15)10-20(28)35-13-19-21(29)22(30)23(31)25(36-19)34-9-8-14-4-6-16(27)7-5-14/h4-7,11-12,19,21-23,25,27,29-31H,3,8-10,13H2,1-2H3/t19-,21-,22+,23-,25+/m0/s1. The minimum Gasteiger partial charge on any atom is -0.508 e. The van der Waals surface area contributed by atoms with Crippen LogP contribution < -0.4 is 0 Å². The Balaban J connectivity index is 1.58. The first-order valence-corrected chi connectivity index (χ1v) is 11.5. The van der Waals surface area contributed by atoms with Gasteiger partial charge in [0.15, 0.2) is 6.29 Å². The van der Waals surface area contributed by atoms with Crippen molar-refractivity contribution in [3.63, 3.8) is 0 Å². The number of esters is 2. The molecule has 5 atom stereocenters. The van der Waals surface area contributed by atoms with Crippen molar-refractivity contribution in [2.45, 2.75) is 56.9 Å². The number of aromatic hydroxyl groups is 1. The SMILES string of the molecule is CCc1cncc(C(=O)OC)c1CC(=O)OC[C@@H]1O[C@@H](OCCc2ccc(O)cc2)[C@@H](O)[C@H](O)[C@H]1O. The van der Waals surface area contributed by atoms with Gasteiger partial charge in [-0.25, -0.2) is 4.79 Å². The van der Waals surface area contributed by atoms with Gasteiger partial charge in [0.2, 0.25) is 0 Å². The first kappa shape index (κ1) is 27.5. The molecule has 2 aromatic rings. The maximum atomic E-state index is 12.6. The number of ether oxygens (including phenoxy) is 4. The molecule has 3 rings (SSSR count). The maximum Gasteiger partial charge on any atom is 0.339 e. The molecule has 1 aromatic heterocycles. The Morgan fingerprint density at radius 3 is 2.44 bits per heavy atom. The van der Waals surface area contributed by atoms with Crippen LogP contribution in [0, 0.1) is 0 Å². The highest BCUT2D eigenvalue weighted by Crippen LogP contribution is 2.23. The van der Waals surface area contributed by atoms with E-state index in [1.807, 2.05) is 6.92 Å². The third-order valence-corrected chi connectivity index (χ3v) is 5.94. The summed E-state index contributed by atoms with van der Waals surface area (Å²) in [6, 6.07) is 6.51. The number of methoxy groups -OCH3 is 1. The van der Waals surface area contributed by atoms with Crippen LogP contribution in [-0.4, -0.2) is 88.4 Å². The molecule has 0 radical (unpaired) electrons. The quantitative estimate of drug-likeness (QED) is 0.328. The van der Waals surface area contributed by atoms with Crippen molar-refractivity contribution in [3.8, 4) is 5.75 Å². The third-order valence-electron chi connectivity index (χ3n) is 5.94. The van der Waals surface area contributed by atoms with E-state index in [0.29, 0.717) is 24.0 Å². The average Bonchev–Trinajstić information content (AvgIpc) is 2.88. The van der Waals surface area contributed by atoms with Crippen LogP contribution in [0.2, 0.25) is 0 Å². The second kappa shape index (κ2) is 12.7. The molecule has 36 heavy (non-hydrogen) atoms. The molecule has 1 aromatic carbocycles. The molecule has 0 spiro atoms. The predicted molar refractivity (Wildman–Crippen MR) is 124 cm³/mol. The van der Waals surface area contributed by atoms with Gasteiger partial charge in [0.25, 0.3) is 0 Å². The normalized spacial score (nSPS) is 23.8. The molecule has 4 N–H and O–H groups in total. The first-order chi connectivity index (χ1) is 17.2. The largest absolute Gasteiger partial charge is 0.508 e. The Morgan fingerprint density at radius 1 is 1.06 bits per heavy atom. The van der Waals surface area contributed by atoms with Gasteiger partial charge in [-0.05, 0) is 41.7 Å². The summed E-state index contributed by atoms with van der Waals surface area (Å²) in [4.78, 5) is 28.7. The number of benzene rings is 1. The molecular weight excluding hydrogens is 474 g/mol. The fraction of sp³-hybridized carbons (Fsp3) is 0.480. The number of pyridine rings is 1. The third kappa shape index (κ3) is 6.77. The van der Waals surface area contributed by atoms with Gasteiger partial charge in [-0.2, -0.15) is 0 Å². The van der Waals surface area contributed by atoms with Crippen molar-refractivity contribution in [2.24, 2.45) is 0 Å². The highest BCUT2D eigenvalue weighted by Gasteiger charge is 2.44. The van der Waals surface area contributed by atoms with E-state index in [0.717, 1.165) is 5.56 Å². The Labute approximate surface area is 208 Å². The Morgan fingerprint density at radius 2 is 1.78 bits per heavy atom. The summed E-state index contributed by atoms with van der Waals surface area (Å²) in [5.41, 5.74) is 2.14. The lowest BCUT2D eigenvalue weighted by Gasteiger charge is -2.40. The number of hydrogen-bond donors (Lipinski definition) is 4. The van der Waals surface area contributed by atoms with E-state index in [9.17, 15) is 30.0 Å². The Bertz CT molecular complexity index is 1030. The van der Waals surface area contributed by atoms with Gasteiger partial charge in [0.05, 0.1) is 25.7 Å². The van der Waals surface area contributed by atoms with Crippen LogP contribution in [0.15, 0.2) is 36.7 Å². The first-order valence-electron chi connectivity index (χ1n) is 11.5. The minimum absolute atomic E-state index is 0.125. The number of carbonyl (C=O) groups is 2. The number of phenols is 1. The van der Waals surface area contributed by atoms with Crippen LogP contribution in [0.4, 0.5) is 0 Å². The van der Waals surface area contributed by atoms with Crippen LogP contribution in [0.5, 0.6) is 5.75 Å². The zero-order chi connectivity index (χ0) is 26.2. The van der Waals surface area contributed by atoms with Gasteiger partial charge in [0, 0.05) is 12.4 Å². The fourth-order valence-electron chi connectivity index (χ4n) is 3.85. The number of aliphatic hydroxyl groups is 3. The summed E-state index contributed by atoms with van der Waals surface area (Å²) in [5, 5.41) is 40.2. The van der Waals surface area contributed by atoms with Crippen molar-refractivity contribution >= 4 is 11.9 Å². The Kier molecular flexibility index (Phi) is 9.73. The number of hydrogen-bond acceptors (Lipinski definition) is 11. The molecule has 0 bridgehead atoms. The minimum atomic E-state index is -1.58. The molecule has 1 fully saturated rings. The number of rotatable bonds is 10. The van der Waals surface area contributed by atoms with Gasteiger partial charge < -0.3 is 39.4 Å². The average molecular weight is 506 g/mol. The van der Waals surface area contributed by atoms with E-state index in [-0.39, 0.29) is 24.3 Å². The zero-order valence-electron chi connectivity index (χ0n) is 20.1. The molecule has 1 aliphatic heterocycles. The molecule has 0 saturated carbocycles. The number of aliphatic hydroxyl groups excluding tert-OH is 3. The van der Waals surface area contributed by atoms with Gasteiger partial charge in [-0.15, -0.1) is 0 Å². The van der Waals surface area contributed by atoms with Crippen molar-refractivity contribution in [3.05, 3.63) is 58.9 Å². The molecule has 1 saturated heterocycles. The summed E-state index contributed by atoms with van der Waals surface area (Å²) in [6.45, 7) is 1.56. The number of phenolic OH excluding ortho intramolecular Hbond substituents is 1. The van der Waals surface area contributed by atoms with Gasteiger partial charge in [-0.1, -0.05) is 19.1 Å². The van der Waals surface area contributed by atoms with Crippen molar-refractivity contribution in [1.82, 2.24) is 4.98 Å². The lowest BCUT2D eigenvalue weighted by atomic mass is 9.99. The summed E-state index contributed by atoms with van der Waals surface area (Å²) >= 11 is 0. The van der Waals surface area contributed by atoms with Crippen LogP contribution >= 0.6 is 0 Å². The molecule has 0 unspecified atom stereocenters. The number of aryl methyl sites for hydroxylation is 1. The van der Waals surface area contributed by atoms with Crippen LogP contribution in [-0.2, 0) is 43.0 Å². The molecule has 11 nitrogen and oxygen atoms in total. The summed E-state index contributed by atoms with van der Waals surface area (Å²) in [7, 11) is 1.23. The second-order valence-corrected chi connectivity index (χ2v) is 8.33. The summed E-state index contributed by atoms with van der Waals surface area (Å²) in [6.07, 6.45) is -3.44. The zero-order valence-corrected chi connectivity index (χ0v) is 20.1. The smallest absolute Gasteiger partial charge is 0.339 e. The molecule has 1 aliphatic rings. The van der Waals surface area contributed by atoms with Gasteiger partial charge in [0.1, 0.15) is 36.8 Å². The lowest BCUT2D eigenvalue weighted by molar-refractivity contribution is -0.301. The maximum absolute atomic E-state index is 12.6. The van der Waals surface area contributed by atoms with E-state index >= 15 is 0 Å². The summed E-state index contributed by atoms with van der Waals surface area (Å²) in [5.74, 6) is -1.19. The predicted octanol–water partition coefficient (Wildman–Crippen LogP) is 0.289. The lowest BCUT2D eigenvalue weighted by Crippen LogP contribution is -2.59. The topological polar surface area (TPSA) is 165 Å². The molecular formula is C25H31NO10. The van der Waals surface area contributed by atoms with E-state index in [1.54, 1.807) is 18.3 Å². The molecule has 196 valence electrons. The van der Waals surface area contributed by atoms with E-state index in [1.165, 1.54) is 25.4 Å². The summed E-state index contributed by atoms with van der Waals surface area (Å²) < 4.78 is 21.2. The fourth-order valence-corrected chi connectivity index (χ4v) is 3.85. The monoisotopic (exact) mass is 505 g/mol. The van der Waals surface area contributed by atoms with Crippen LogP contribution in [0.3, 0.4) is 0 Å². The van der Waals surface area contributed by atoms with Gasteiger partial charge >= 0.3 is 11.9 Å².